The van der Waals surface area contributed by atoms with E-state index in [0.717, 1.165) is 0 Å². The minimum atomic E-state index is -0.574. The number of aromatic nitrogens is 3. The van der Waals surface area contributed by atoms with Crippen molar-refractivity contribution < 1.29 is 4.79 Å². The molecule has 0 aromatic carbocycles. The maximum absolute atomic E-state index is 10.7. The largest absolute Gasteiger partial charge is 0.351 e. The third-order valence-corrected chi connectivity index (χ3v) is 1.12. The summed E-state index contributed by atoms with van der Waals surface area (Å²) in [6.45, 7) is 0. The number of carbonyl (C=O) groups is 1. The maximum Gasteiger partial charge on any atom is 0.322 e. The van der Waals surface area contributed by atoms with Gasteiger partial charge in [0.15, 0.2) is 0 Å². The number of rotatable bonds is 0. The Kier molecular flexibility index (Phi) is 2.78. The smallest absolute Gasteiger partial charge is 0.322 e. The summed E-state index contributed by atoms with van der Waals surface area (Å²) >= 11 is 0. The molecule has 2 N–H and O–H groups in total. The van der Waals surface area contributed by atoms with Crippen molar-refractivity contribution in [2.24, 2.45) is 5.73 Å². The lowest BCUT2D eigenvalue weighted by molar-refractivity contribution is 0.250. The molecule has 5 heteroatoms. The van der Waals surface area contributed by atoms with Crippen molar-refractivity contribution in [3.8, 4) is 0 Å². The first kappa shape index (κ1) is 8.19. The molecule has 1 aromatic heterocycles. The summed E-state index contributed by atoms with van der Waals surface area (Å²) in [5, 5.41) is 0. The lowest BCUT2D eigenvalue weighted by Crippen LogP contribution is -2.18. The van der Waals surface area contributed by atoms with Crippen molar-refractivity contribution in [2.75, 3.05) is 0 Å². The van der Waals surface area contributed by atoms with Crippen molar-refractivity contribution in [3.63, 3.8) is 0 Å². The predicted molar refractivity (Wildman–Crippen MR) is 42.6 cm³/mol. The first-order valence-corrected chi connectivity index (χ1v) is 3.27. The topological polar surface area (TPSA) is 73.8 Å². The molecule has 0 spiro atoms. The number of hydrogen-bond donors (Lipinski definition) is 1. The Morgan fingerprint density at radius 2 is 1.58 bits per heavy atom. The zero-order valence-corrected chi connectivity index (χ0v) is 6.29. The highest BCUT2D eigenvalue weighted by atomic mass is 16.2. The van der Waals surface area contributed by atoms with E-state index in [4.69, 9.17) is 5.73 Å². The van der Waals surface area contributed by atoms with Crippen LogP contribution in [0.25, 0.3) is 0 Å². The van der Waals surface area contributed by atoms with Crippen LogP contribution in [-0.2, 0) is 0 Å². The van der Waals surface area contributed by atoms with Gasteiger partial charge in [0.25, 0.3) is 0 Å². The molecular weight excluding hydrogens is 156 g/mol. The molecule has 62 valence electrons. The molecule has 1 rings (SSSR count). The Bertz CT molecular complexity index is 295. The zero-order valence-electron chi connectivity index (χ0n) is 6.29. The molecule has 0 aliphatic heterocycles. The number of hydrogen-bond acceptors (Lipinski definition) is 3. The van der Waals surface area contributed by atoms with Gasteiger partial charge in [-0.2, -0.15) is 0 Å². The Balaban J connectivity index is 3.19. The van der Waals surface area contributed by atoms with E-state index in [0.29, 0.717) is 0 Å². The molecule has 5 nitrogen and oxygen atoms in total. The summed E-state index contributed by atoms with van der Waals surface area (Å²) in [4.78, 5) is 18.2. The average Bonchev–Trinajstić information content (AvgIpc) is 2.15. The van der Waals surface area contributed by atoms with Gasteiger partial charge in [-0.3, -0.25) is 14.5 Å². The van der Waals surface area contributed by atoms with E-state index in [1.807, 2.05) is 0 Å². The van der Waals surface area contributed by atoms with Gasteiger partial charge < -0.3 is 5.73 Å². The standard InChI is InChI=1S/C7H8N4O/c8-7(12)11-5-3-9-1-2-10-4-6-11/h1-6H,(H2,8,12). The molecule has 1 aromatic rings. The fraction of sp³-hybridized carbons (Fsp3) is 0. The lowest BCUT2D eigenvalue weighted by atomic mass is 10.7. The number of carbonyl (C=O) groups excluding carboxylic acids is 1. The number of nitrogens with zero attached hydrogens (tertiary/aromatic N) is 3. The molecule has 0 aliphatic rings. The van der Waals surface area contributed by atoms with Crippen molar-refractivity contribution in [2.45, 2.75) is 0 Å². The first-order valence-electron chi connectivity index (χ1n) is 3.27. The molecule has 0 saturated heterocycles. The van der Waals surface area contributed by atoms with Gasteiger partial charge in [0.2, 0.25) is 0 Å². The monoisotopic (exact) mass is 164 g/mol. The van der Waals surface area contributed by atoms with E-state index in [-0.39, 0.29) is 0 Å². The van der Waals surface area contributed by atoms with Crippen molar-refractivity contribution in [1.29, 1.82) is 0 Å². The van der Waals surface area contributed by atoms with E-state index in [1.165, 1.54) is 41.7 Å². The van der Waals surface area contributed by atoms with Crippen molar-refractivity contribution in [3.05, 3.63) is 37.2 Å². The highest BCUT2D eigenvalue weighted by Crippen LogP contribution is 1.78. The van der Waals surface area contributed by atoms with Gasteiger partial charge in [-0.1, -0.05) is 0 Å². The predicted octanol–water partition coefficient (Wildman–Crippen LogP) is 0.329. The molecular formula is C7H8N4O. The molecule has 12 heavy (non-hydrogen) atoms. The Labute approximate surface area is 69.2 Å². The molecule has 0 radical (unpaired) electrons. The van der Waals surface area contributed by atoms with Gasteiger partial charge in [0, 0.05) is 37.2 Å². The maximum atomic E-state index is 10.7. The van der Waals surface area contributed by atoms with E-state index in [2.05, 4.69) is 9.97 Å². The molecule has 0 saturated carbocycles. The molecule has 0 unspecified atom stereocenters. The molecule has 1 amide bonds. The quantitative estimate of drug-likeness (QED) is 0.600. The molecule has 0 bridgehead atoms. The van der Waals surface area contributed by atoms with Crippen LogP contribution in [0.1, 0.15) is 0 Å². The number of nitrogens with two attached hydrogens (primary N) is 1. The normalized spacial score (nSPS) is 8.67. The molecule has 0 atom stereocenters. The van der Waals surface area contributed by atoms with Gasteiger partial charge in [0.1, 0.15) is 0 Å². The summed E-state index contributed by atoms with van der Waals surface area (Å²) < 4.78 is 1.18. The Morgan fingerprint density at radius 1 is 1.08 bits per heavy atom. The van der Waals surface area contributed by atoms with Gasteiger partial charge in [-0.25, -0.2) is 4.79 Å². The van der Waals surface area contributed by atoms with Crippen LogP contribution >= 0.6 is 0 Å². The van der Waals surface area contributed by atoms with Crippen LogP contribution in [0.15, 0.2) is 37.2 Å². The van der Waals surface area contributed by atoms with Crippen LogP contribution in [0.5, 0.6) is 0 Å². The summed E-state index contributed by atoms with van der Waals surface area (Å²) in [7, 11) is 0. The number of amides is 1. The van der Waals surface area contributed by atoms with Crippen LogP contribution in [0.3, 0.4) is 0 Å². The van der Waals surface area contributed by atoms with Gasteiger partial charge in [0.05, 0.1) is 0 Å². The fourth-order valence-corrected chi connectivity index (χ4v) is 0.594. The number of primary amides is 1. The van der Waals surface area contributed by atoms with E-state index in [9.17, 15) is 4.79 Å². The summed E-state index contributed by atoms with van der Waals surface area (Å²) in [5.41, 5.74) is 5.02. The second-order valence-corrected chi connectivity index (χ2v) is 1.94. The van der Waals surface area contributed by atoms with Gasteiger partial charge >= 0.3 is 6.03 Å². The fourth-order valence-electron chi connectivity index (χ4n) is 0.594. The average molecular weight is 164 g/mol. The Morgan fingerprint density at radius 3 is 2.00 bits per heavy atom. The lowest BCUT2D eigenvalue weighted by Gasteiger charge is -1.92. The minimum absolute atomic E-state index is 0.574. The van der Waals surface area contributed by atoms with Crippen LogP contribution in [0.4, 0.5) is 4.79 Å². The van der Waals surface area contributed by atoms with E-state index < -0.39 is 6.03 Å². The van der Waals surface area contributed by atoms with Gasteiger partial charge in [-0.05, 0) is 0 Å². The summed E-state index contributed by atoms with van der Waals surface area (Å²) in [6.07, 6.45) is 8.81. The molecule has 0 fully saturated rings. The second-order valence-electron chi connectivity index (χ2n) is 1.94. The first-order chi connectivity index (χ1) is 5.80. The van der Waals surface area contributed by atoms with Crippen molar-refractivity contribution >= 4 is 6.03 Å². The summed E-state index contributed by atoms with van der Waals surface area (Å²) in [5.74, 6) is 0. The van der Waals surface area contributed by atoms with Gasteiger partial charge in [-0.15, -0.1) is 0 Å². The van der Waals surface area contributed by atoms with Crippen LogP contribution in [-0.4, -0.2) is 20.6 Å². The SMILES string of the molecule is NC(=O)n1ccnccncc1. The van der Waals surface area contributed by atoms with Crippen LogP contribution in [0, 0.1) is 0 Å². The minimum Gasteiger partial charge on any atom is -0.351 e. The van der Waals surface area contributed by atoms with E-state index in [1.54, 1.807) is 0 Å². The highest BCUT2D eigenvalue weighted by Gasteiger charge is 1.88. The summed E-state index contributed by atoms with van der Waals surface area (Å²) in [6, 6.07) is -0.574. The molecule has 0 aliphatic carbocycles. The third-order valence-electron chi connectivity index (χ3n) is 1.12. The van der Waals surface area contributed by atoms with Crippen molar-refractivity contribution in [1.82, 2.24) is 14.5 Å². The van der Waals surface area contributed by atoms with Crippen LogP contribution < -0.4 is 5.73 Å². The van der Waals surface area contributed by atoms with Crippen LogP contribution in [0.2, 0.25) is 0 Å². The van der Waals surface area contributed by atoms with E-state index >= 15 is 0 Å². The third kappa shape index (κ3) is 2.37. The molecule has 1 heterocycles. The second kappa shape index (κ2) is 4.07. The highest BCUT2D eigenvalue weighted by molar-refractivity contribution is 5.74. The zero-order chi connectivity index (χ0) is 8.81. The Hall–Kier alpha value is -1.91.